The maximum atomic E-state index is 12.7. The van der Waals surface area contributed by atoms with Gasteiger partial charge in [0.15, 0.2) is 0 Å². The van der Waals surface area contributed by atoms with Crippen LogP contribution in [0.1, 0.15) is 17.5 Å². The van der Waals surface area contributed by atoms with Crippen molar-refractivity contribution in [1.29, 1.82) is 0 Å². The molecule has 1 amide bonds. The van der Waals surface area contributed by atoms with Gasteiger partial charge in [0.05, 0.1) is 4.90 Å². The zero-order valence-electron chi connectivity index (χ0n) is 15.0. The van der Waals surface area contributed by atoms with E-state index in [0.717, 1.165) is 17.5 Å². The number of nitrogen functional groups attached to an aromatic ring is 1. The highest BCUT2D eigenvalue weighted by atomic mass is 32.2. The number of carbonyl (C=O) groups is 1. The molecule has 2 aromatic carbocycles. The van der Waals surface area contributed by atoms with Crippen LogP contribution in [0.15, 0.2) is 47.4 Å². The lowest BCUT2D eigenvalue weighted by Gasteiger charge is -2.19. The van der Waals surface area contributed by atoms with Crippen molar-refractivity contribution < 1.29 is 13.2 Å². The molecular weight excluding hydrogens is 350 g/mol. The van der Waals surface area contributed by atoms with Gasteiger partial charge in [0, 0.05) is 38.4 Å². The molecule has 0 saturated carbocycles. The van der Waals surface area contributed by atoms with Crippen LogP contribution in [0.3, 0.4) is 0 Å². The van der Waals surface area contributed by atoms with Crippen LogP contribution in [-0.2, 0) is 27.7 Å². The molecule has 0 atom stereocenters. The first-order valence-corrected chi connectivity index (χ1v) is 9.94. The van der Waals surface area contributed by atoms with Gasteiger partial charge in [-0.3, -0.25) is 4.79 Å². The van der Waals surface area contributed by atoms with Gasteiger partial charge in [-0.1, -0.05) is 24.3 Å². The average Bonchev–Trinajstić information content (AvgIpc) is 3.04. The molecule has 0 bridgehead atoms. The van der Waals surface area contributed by atoms with Gasteiger partial charge in [0.1, 0.15) is 0 Å². The fourth-order valence-electron chi connectivity index (χ4n) is 3.13. The second-order valence-corrected chi connectivity index (χ2v) is 8.72. The third-order valence-corrected chi connectivity index (χ3v) is 6.51. The van der Waals surface area contributed by atoms with E-state index in [9.17, 15) is 13.2 Å². The number of para-hydroxylation sites is 1. The molecule has 2 N–H and O–H groups in total. The predicted octanol–water partition coefficient (Wildman–Crippen LogP) is 2.04. The van der Waals surface area contributed by atoms with Crippen LogP contribution in [0.2, 0.25) is 0 Å². The summed E-state index contributed by atoms with van der Waals surface area (Å²) >= 11 is 0. The number of carbonyl (C=O) groups excluding carboxylic acids is 1. The van der Waals surface area contributed by atoms with E-state index in [1.54, 1.807) is 23.1 Å². The lowest BCUT2D eigenvalue weighted by molar-refractivity contribution is -0.118. The number of amides is 1. The molecule has 6 nitrogen and oxygen atoms in total. The predicted molar refractivity (Wildman–Crippen MR) is 103 cm³/mol. The van der Waals surface area contributed by atoms with Crippen molar-refractivity contribution in [3.63, 3.8) is 0 Å². The molecule has 0 radical (unpaired) electrons. The van der Waals surface area contributed by atoms with Crippen molar-refractivity contribution in [3.8, 4) is 0 Å². The van der Waals surface area contributed by atoms with E-state index in [2.05, 4.69) is 0 Å². The number of rotatable bonds is 5. The first kappa shape index (κ1) is 18.4. The highest BCUT2D eigenvalue weighted by molar-refractivity contribution is 7.89. The molecule has 0 spiro atoms. The fourth-order valence-corrected chi connectivity index (χ4v) is 4.05. The zero-order chi connectivity index (χ0) is 18.9. The Bertz CT molecular complexity index is 939. The monoisotopic (exact) mass is 373 g/mol. The number of fused-ring (bicyclic) bond motifs is 1. The van der Waals surface area contributed by atoms with Crippen LogP contribution in [0.5, 0.6) is 0 Å². The van der Waals surface area contributed by atoms with E-state index in [4.69, 9.17) is 5.73 Å². The summed E-state index contributed by atoms with van der Waals surface area (Å²) in [5.41, 5.74) is 9.26. The van der Waals surface area contributed by atoms with Gasteiger partial charge in [0.2, 0.25) is 15.9 Å². The number of aryl methyl sites for hydroxylation is 1. The Balaban J connectivity index is 1.80. The van der Waals surface area contributed by atoms with Gasteiger partial charge in [0.25, 0.3) is 0 Å². The fraction of sp³-hybridized carbons (Fsp3) is 0.316. The third-order valence-electron chi connectivity index (χ3n) is 4.70. The Kier molecular flexibility index (Phi) is 5.02. The van der Waals surface area contributed by atoms with Gasteiger partial charge >= 0.3 is 0 Å². The maximum Gasteiger partial charge on any atom is 0.242 e. The Labute approximate surface area is 154 Å². The first-order valence-electron chi connectivity index (χ1n) is 8.50. The average molecular weight is 373 g/mol. The molecule has 1 heterocycles. The second kappa shape index (κ2) is 7.09. The summed E-state index contributed by atoms with van der Waals surface area (Å²) in [5, 5.41) is 0. The molecule has 0 aliphatic carbocycles. The summed E-state index contributed by atoms with van der Waals surface area (Å²) in [6, 6.07) is 12.5. The zero-order valence-corrected chi connectivity index (χ0v) is 15.8. The Morgan fingerprint density at radius 3 is 2.62 bits per heavy atom. The van der Waals surface area contributed by atoms with Gasteiger partial charge in [-0.15, -0.1) is 0 Å². The largest absolute Gasteiger partial charge is 0.399 e. The van der Waals surface area contributed by atoms with Crippen LogP contribution in [-0.4, -0.2) is 39.3 Å². The van der Waals surface area contributed by atoms with Crippen molar-refractivity contribution >= 4 is 27.3 Å². The number of nitrogens with zero attached hydrogens (tertiary/aromatic N) is 2. The van der Waals surface area contributed by atoms with Gasteiger partial charge in [-0.05, 0) is 42.2 Å². The van der Waals surface area contributed by atoms with Crippen LogP contribution < -0.4 is 10.6 Å². The molecule has 3 rings (SSSR count). The van der Waals surface area contributed by atoms with Gasteiger partial charge in [-0.2, -0.15) is 0 Å². The molecule has 1 aliphatic rings. The molecule has 0 fully saturated rings. The van der Waals surface area contributed by atoms with Crippen molar-refractivity contribution in [2.45, 2.75) is 24.2 Å². The topological polar surface area (TPSA) is 83.7 Å². The second-order valence-electron chi connectivity index (χ2n) is 6.57. The van der Waals surface area contributed by atoms with E-state index < -0.39 is 10.0 Å². The van der Waals surface area contributed by atoms with Gasteiger partial charge in [-0.25, -0.2) is 12.7 Å². The summed E-state index contributed by atoms with van der Waals surface area (Å²) < 4.78 is 25.9. The lowest BCUT2D eigenvalue weighted by Crippen LogP contribution is -2.29. The number of anilines is 2. The van der Waals surface area contributed by atoms with E-state index >= 15 is 0 Å². The summed E-state index contributed by atoms with van der Waals surface area (Å²) in [7, 11) is -0.538. The number of sulfonamides is 1. The lowest BCUT2D eigenvalue weighted by atomic mass is 10.1. The highest BCUT2D eigenvalue weighted by Crippen LogP contribution is 2.32. The first-order chi connectivity index (χ1) is 12.3. The maximum absolute atomic E-state index is 12.7. The van der Waals surface area contributed by atoms with Crippen LogP contribution in [0, 0.1) is 0 Å². The minimum Gasteiger partial charge on any atom is -0.399 e. The third kappa shape index (κ3) is 3.45. The SMILES string of the molecule is CN(C)S(=O)(=O)c1ccc2c(c1)N(C(=O)CCc1ccccc1N)CC2. The molecule has 1 aliphatic heterocycles. The molecule has 26 heavy (non-hydrogen) atoms. The summed E-state index contributed by atoms with van der Waals surface area (Å²) in [6.45, 7) is 0.573. The number of benzene rings is 2. The van der Waals surface area contributed by atoms with E-state index in [-0.39, 0.29) is 10.8 Å². The number of nitrogens with two attached hydrogens (primary N) is 1. The smallest absolute Gasteiger partial charge is 0.242 e. The number of hydrogen-bond donors (Lipinski definition) is 1. The summed E-state index contributed by atoms with van der Waals surface area (Å²) in [5.74, 6) is -0.0218. The minimum absolute atomic E-state index is 0.0218. The molecular formula is C19H23N3O3S. The normalized spacial score (nSPS) is 13.9. The molecule has 0 aromatic heterocycles. The summed E-state index contributed by atoms with van der Waals surface area (Å²) in [4.78, 5) is 14.6. The molecule has 138 valence electrons. The molecule has 0 unspecified atom stereocenters. The minimum atomic E-state index is -3.53. The van der Waals surface area contributed by atoms with Crippen molar-refractivity contribution in [3.05, 3.63) is 53.6 Å². The van der Waals surface area contributed by atoms with E-state index in [0.29, 0.717) is 30.8 Å². The summed E-state index contributed by atoms with van der Waals surface area (Å²) in [6.07, 6.45) is 1.63. The van der Waals surface area contributed by atoms with Crippen molar-refractivity contribution in [2.75, 3.05) is 31.3 Å². The Morgan fingerprint density at radius 1 is 1.19 bits per heavy atom. The van der Waals surface area contributed by atoms with Crippen LogP contribution >= 0.6 is 0 Å². The van der Waals surface area contributed by atoms with Crippen molar-refractivity contribution in [1.82, 2.24) is 4.31 Å². The molecule has 7 heteroatoms. The quantitative estimate of drug-likeness (QED) is 0.813. The van der Waals surface area contributed by atoms with Crippen LogP contribution in [0.4, 0.5) is 11.4 Å². The van der Waals surface area contributed by atoms with E-state index in [1.165, 1.54) is 18.4 Å². The molecule has 2 aromatic rings. The Morgan fingerprint density at radius 2 is 1.92 bits per heavy atom. The number of hydrogen-bond acceptors (Lipinski definition) is 4. The highest BCUT2D eigenvalue weighted by Gasteiger charge is 2.27. The van der Waals surface area contributed by atoms with E-state index in [1.807, 2.05) is 24.3 Å². The van der Waals surface area contributed by atoms with Crippen LogP contribution in [0.25, 0.3) is 0 Å². The Hall–Kier alpha value is -2.38. The van der Waals surface area contributed by atoms with Crippen molar-refractivity contribution in [2.24, 2.45) is 0 Å². The van der Waals surface area contributed by atoms with Gasteiger partial charge < -0.3 is 10.6 Å². The molecule has 0 saturated heterocycles. The standard InChI is InChI=1S/C19H23N3O3S/c1-21(2)26(24,25)16-9-7-15-11-12-22(18(15)13-16)19(23)10-8-14-5-3-4-6-17(14)20/h3-7,9,13H,8,10-12,20H2,1-2H3.